The molecule has 1 aromatic carbocycles. The Morgan fingerprint density at radius 3 is 2.64 bits per heavy atom. The number of rotatable bonds is 2. The van der Waals surface area contributed by atoms with Crippen LogP contribution >= 0.6 is 0 Å². The van der Waals surface area contributed by atoms with Crippen molar-refractivity contribution >= 4 is 11.4 Å². The number of para-hydroxylation sites is 1. The Kier molecular flexibility index (Phi) is 2.78. The number of allylic oxidation sites excluding steroid dienone is 2. The molecule has 0 radical (unpaired) electrons. The average molecular weight is 185 g/mol. The first-order valence-corrected chi connectivity index (χ1v) is 5.16. The number of benzene rings is 1. The van der Waals surface area contributed by atoms with E-state index in [4.69, 9.17) is 0 Å². The molecule has 1 nitrogen and oxygen atoms in total. The van der Waals surface area contributed by atoms with Gasteiger partial charge in [-0.2, -0.15) is 0 Å². The Bertz CT molecular complexity index is 360. The van der Waals surface area contributed by atoms with Gasteiger partial charge >= 0.3 is 0 Å². The number of hydrogen-bond acceptors (Lipinski definition) is 1. The van der Waals surface area contributed by atoms with E-state index in [9.17, 15) is 0 Å². The minimum atomic E-state index is 1.05. The number of nitrogens with zero attached hydrogens (tertiary/aromatic N) is 1. The van der Waals surface area contributed by atoms with Crippen LogP contribution in [0.4, 0.5) is 5.69 Å². The van der Waals surface area contributed by atoms with Gasteiger partial charge in [-0.1, -0.05) is 24.3 Å². The highest BCUT2D eigenvalue weighted by Gasteiger charge is 2.06. The van der Waals surface area contributed by atoms with E-state index in [0.29, 0.717) is 0 Å². The van der Waals surface area contributed by atoms with Gasteiger partial charge in [-0.25, -0.2) is 0 Å². The fourth-order valence-corrected chi connectivity index (χ4v) is 1.77. The number of hydrogen-bond donors (Lipinski definition) is 0. The lowest BCUT2D eigenvalue weighted by Crippen LogP contribution is -1.93. The highest BCUT2D eigenvalue weighted by Crippen LogP contribution is 2.21. The van der Waals surface area contributed by atoms with Gasteiger partial charge in [0.25, 0.3) is 0 Å². The van der Waals surface area contributed by atoms with E-state index in [-0.39, 0.29) is 0 Å². The topological polar surface area (TPSA) is 12.4 Å². The van der Waals surface area contributed by atoms with Crippen molar-refractivity contribution in [3.8, 4) is 0 Å². The largest absolute Gasteiger partial charge is 0.253 e. The van der Waals surface area contributed by atoms with Crippen LogP contribution in [0.2, 0.25) is 0 Å². The van der Waals surface area contributed by atoms with Crippen molar-refractivity contribution in [2.24, 2.45) is 4.99 Å². The molecule has 0 aromatic heterocycles. The summed E-state index contributed by atoms with van der Waals surface area (Å²) in [5.41, 5.74) is 3.65. The third kappa shape index (κ3) is 2.11. The summed E-state index contributed by atoms with van der Waals surface area (Å²) in [5.74, 6) is 0. The Balaban J connectivity index is 2.18. The van der Waals surface area contributed by atoms with Gasteiger partial charge in [-0.05, 0) is 43.9 Å². The summed E-state index contributed by atoms with van der Waals surface area (Å²) in [6, 6.07) is 10.1. The molecule has 0 unspecified atom stereocenters. The first-order valence-electron chi connectivity index (χ1n) is 5.16. The molecule has 2 rings (SSSR count). The molecule has 0 heterocycles. The molecule has 0 N–H and O–H groups in total. The minimum Gasteiger partial charge on any atom is -0.253 e. The zero-order valence-corrected chi connectivity index (χ0v) is 8.53. The summed E-state index contributed by atoms with van der Waals surface area (Å²) >= 11 is 0. The van der Waals surface area contributed by atoms with Crippen LogP contribution in [0.1, 0.15) is 26.2 Å². The molecule has 0 aliphatic heterocycles. The molecule has 0 atom stereocenters. The second kappa shape index (κ2) is 4.23. The van der Waals surface area contributed by atoms with E-state index in [2.05, 4.69) is 18.0 Å². The zero-order chi connectivity index (χ0) is 9.80. The Morgan fingerprint density at radius 1 is 1.21 bits per heavy atom. The minimum absolute atomic E-state index is 1.05. The van der Waals surface area contributed by atoms with Crippen LogP contribution in [0.25, 0.3) is 0 Å². The summed E-state index contributed by atoms with van der Waals surface area (Å²) in [4.78, 5) is 4.59. The second-order valence-electron chi connectivity index (χ2n) is 3.65. The van der Waals surface area contributed by atoms with Crippen LogP contribution in [0.5, 0.6) is 0 Å². The zero-order valence-electron chi connectivity index (χ0n) is 8.53. The van der Waals surface area contributed by atoms with Gasteiger partial charge in [-0.3, -0.25) is 4.99 Å². The highest BCUT2D eigenvalue weighted by atomic mass is 14.7. The van der Waals surface area contributed by atoms with Gasteiger partial charge < -0.3 is 0 Å². The normalized spacial score (nSPS) is 16.9. The lowest BCUT2D eigenvalue weighted by molar-refractivity contribution is 0.920. The van der Waals surface area contributed by atoms with Gasteiger partial charge in [0.2, 0.25) is 0 Å². The number of aliphatic imine (C=N–C) groups is 1. The lowest BCUT2D eigenvalue weighted by atomic mass is 10.1. The van der Waals surface area contributed by atoms with Gasteiger partial charge in [0, 0.05) is 5.71 Å². The Labute approximate surface area is 85.2 Å². The predicted octanol–water partition coefficient (Wildman–Crippen LogP) is 3.89. The fraction of sp³-hybridized carbons (Fsp3) is 0.308. The van der Waals surface area contributed by atoms with Crippen molar-refractivity contribution in [3.05, 3.63) is 42.0 Å². The summed E-state index contributed by atoms with van der Waals surface area (Å²) < 4.78 is 0. The van der Waals surface area contributed by atoms with E-state index >= 15 is 0 Å². The van der Waals surface area contributed by atoms with Crippen molar-refractivity contribution in [1.82, 2.24) is 0 Å². The predicted molar refractivity (Wildman–Crippen MR) is 61.1 cm³/mol. The average Bonchev–Trinajstić information content (AvgIpc) is 2.72. The third-order valence-electron chi connectivity index (χ3n) is 2.56. The monoisotopic (exact) mass is 185 g/mol. The Morgan fingerprint density at radius 2 is 2.00 bits per heavy atom. The maximum Gasteiger partial charge on any atom is 0.0632 e. The molecule has 1 aliphatic rings. The van der Waals surface area contributed by atoms with E-state index in [1.165, 1.54) is 30.5 Å². The lowest BCUT2D eigenvalue weighted by Gasteiger charge is -2.00. The molecule has 1 heteroatoms. The highest BCUT2D eigenvalue weighted by molar-refractivity contribution is 6.00. The molecule has 1 aromatic rings. The van der Waals surface area contributed by atoms with Gasteiger partial charge in [-0.15, -0.1) is 0 Å². The SMILES string of the molecule is CC(=Nc1ccccc1)C1=CCCC1. The van der Waals surface area contributed by atoms with Crippen molar-refractivity contribution < 1.29 is 0 Å². The quantitative estimate of drug-likeness (QED) is 0.620. The molecular formula is C13H15N. The van der Waals surface area contributed by atoms with Gasteiger partial charge in [0.15, 0.2) is 0 Å². The van der Waals surface area contributed by atoms with Crippen molar-refractivity contribution in [2.75, 3.05) is 0 Å². The molecule has 0 spiro atoms. The van der Waals surface area contributed by atoms with E-state index in [1.54, 1.807) is 0 Å². The van der Waals surface area contributed by atoms with Gasteiger partial charge in [0.05, 0.1) is 5.69 Å². The molecule has 14 heavy (non-hydrogen) atoms. The molecule has 0 saturated heterocycles. The van der Waals surface area contributed by atoms with Crippen LogP contribution in [-0.4, -0.2) is 5.71 Å². The standard InChI is InChI=1S/C13H15N/c1-11(12-7-5-6-8-12)14-13-9-3-2-4-10-13/h2-4,7,9-10H,5-6,8H2,1H3. The smallest absolute Gasteiger partial charge is 0.0632 e. The van der Waals surface area contributed by atoms with E-state index < -0.39 is 0 Å². The van der Waals surface area contributed by atoms with Crippen molar-refractivity contribution in [3.63, 3.8) is 0 Å². The molecule has 0 saturated carbocycles. The van der Waals surface area contributed by atoms with Gasteiger partial charge in [0.1, 0.15) is 0 Å². The maximum absolute atomic E-state index is 4.59. The summed E-state index contributed by atoms with van der Waals surface area (Å²) in [5, 5.41) is 0. The summed E-state index contributed by atoms with van der Waals surface area (Å²) in [6.45, 7) is 2.10. The van der Waals surface area contributed by atoms with Crippen LogP contribution in [0.3, 0.4) is 0 Å². The second-order valence-corrected chi connectivity index (χ2v) is 3.65. The Hall–Kier alpha value is -1.37. The molecule has 1 aliphatic carbocycles. The molecule has 0 fully saturated rings. The molecule has 0 bridgehead atoms. The van der Waals surface area contributed by atoms with Crippen LogP contribution in [0.15, 0.2) is 47.0 Å². The maximum atomic E-state index is 4.59. The third-order valence-corrected chi connectivity index (χ3v) is 2.56. The van der Waals surface area contributed by atoms with E-state index in [0.717, 1.165) is 5.69 Å². The van der Waals surface area contributed by atoms with Crippen molar-refractivity contribution in [2.45, 2.75) is 26.2 Å². The van der Waals surface area contributed by atoms with E-state index in [1.807, 2.05) is 30.3 Å². The summed E-state index contributed by atoms with van der Waals surface area (Å²) in [6.07, 6.45) is 6.01. The van der Waals surface area contributed by atoms with Crippen LogP contribution in [-0.2, 0) is 0 Å². The fourth-order valence-electron chi connectivity index (χ4n) is 1.77. The molecular weight excluding hydrogens is 170 g/mol. The van der Waals surface area contributed by atoms with Crippen LogP contribution < -0.4 is 0 Å². The van der Waals surface area contributed by atoms with Crippen LogP contribution in [0, 0.1) is 0 Å². The molecule has 72 valence electrons. The first-order chi connectivity index (χ1) is 6.86. The summed E-state index contributed by atoms with van der Waals surface area (Å²) in [7, 11) is 0. The molecule has 0 amide bonds. The first kappa shape index (κ1) is 9.20. The van der Waals surface area contributed by atoms with Crippen molar-refractivity contribution in [1.29, 1.82) is 0 Å².